The van der Waals surface area contributed by atoms with Gasteiger partial charge in [0.2, 0.25) is 20.0 Å². The van der Waals surface area contributed by atoms with Crippen molar-refractivity contribution in [3.63, 3.8) is 0 Å². The molecule has 0 aliphatic carbocycles. The summed E-state index contributed by atoms with van der Waals surface area (Å²) in [7, 11) is -7.73. The van der Waals surface area contributed by atoms with E-state index in [2.05, 4.69) is 9.44 Å². The molecular formula is C24H28N2O4S2. The Morgan fingerprint density at radius 2 is 1.19 bits per heavy atom. The molecule has 0 aromatic heterocycles. The molecule has 0 amide bonds. The molecule has 2 N–H and O–H groups in total. The van der Waals surface area contributed by atoms with Crippen LogP contribution in [0.5, 0.6) is 0 Å². The SMILES string of the molecule is Cc1ccc(C)c(S(=O)(=O)NCC(NS(=O)(=O)c2cc(C)ccc2C)c2ccccc2)c1. The van der Waals surface area contributed by atoms with Gasteiger partial charge in [0.15, 0.2) is 0 Å². The van der Waals surface area contributed by atoms with Gasteiger partial charge >= 0.3 is 0 Å². The number of hydrogen-bond donors (Lipinski definition) is 2. The molecule has 3 rings (SSSR count). The lowest BCUT2D eigenvalue weighted by atomic mass is 10.1. The molecule has 32 heavy (non-hydrogen) atoms. The van der Waals surface area contributed by atoms with E-state index in [4.69, 9.17) is 0 Å². The highest BCUT2D eigenvalue weighted by Crippen LogP contribution is 2.22. The fraction of sp³-hybridized carbons (Fsp3) is 0.250. The minimum atomic E-state index is -3.89. The first-order chi connectivity index (χ1) is 15.0. The fourth-order valence-electron chi connectivity index (χ4n) is 3.43. The van der Waals surface area contributed by atoms with Gasteiger partial charge in [-0.3, -0.25) is 0 Å². The number of nitrogens with one attached hydrogen (secondary N) is 2. The third kappa shape index (κ3) is 5.63. The van der Waals surface area contributed by atoms with Crippen LogP contribution in [0.1, 0.15) is 33.9 Å². The van der Waals surface area contributed by atoms with Crippen LogP contribution in [0.25, 0.3) is 0 Å². The maximum atomic E-state index is 13.2. The normalized spacial score (nSPS) is 13.1. The Hall–Kier alpha value is -2.52. The molecule has 1 atom stereocenters. The summed E-state index contributed by atoms with van der Waals surface area (Å²) in [4.78, 5) is 0.359. The van der Waals surface area contributed by atoms with Crippen LogP contribution in [0.15, 0.2) is 76.5 Å². The molecule has 3 aromatic carbocycles. The van der Waals surface area contributed by atoms with Gasteiger partial charge in [-0.2, -0.15) is 0 Å². The first-order valence-electron chi connectivity index (χ1n) is 10.2. The molecule has 0 spiro atoms. The molecule has 170 valence electrons. The average molecular weight is 473 g/mol. The summed E-state index contributed by atoms with van der Waals surface area (Å²) in [5, 5.41) is 0. The topological polar surface area (TPSA) is 92.3 Å². The molecule has 6 nitrogen and oxygen atoms in total. The maximum absolute atomic E-state index is 13.2. The molecule has 1 unspecified atom stereocenters. The second-order valence-electron chi connectivity index (χ2n) is 7.97. The van der Waals surface area contributed by atoms with Crippen LogP contribution in [0.3, 0.4) is 0 Å². The Kier molecular flexibility index (Phi) is 7.19. The standard InChI is InChI=1S/C24H28N2O4S2/c1-17-10-12-19(3)23(14-17)31(27,28)25-16-22(21-8-6-5-7-9-21)26-32(29,30)24-15-18(2)11-13-20(24)4/h5-15,22,25-26H,16H2,1-4H3. The Bertz CT molecular complexity index is 1320. The monoisotopic (exact) mass is 472 g/mol. The van der Waals surface area contributed by atoms with Crippen LogP contribution in [0.4, 0.5) is 0 Å². The van der Waals surface area contributed by atoms with Gasteiger partial charge in [-0.05, 0) is 67.6 Å². The number of sulfonamides is 2. The predicted molar refractivity (Wildman–Crippen MR) is 127 cm³/mol. The molecule has 0 aliphatic rings. The molecule has 0 fully saturated rings. The highest BCUT2D eigenvalue weighted by Gasteiger charge is 2.25. The molecule has 0 saturated carbocycles. The van der Waals surface area contributed by atoms with Gasteiger partial charge in [0.1, 0.15) is 0 Å². The van der Waals surface area contributed by atoms with Crippen LogP contribution in [0.2, 0.25) is 0 Å². The number of rotatable bonds is 8. The van der Waals surface area contributed by atoms with Crippen LogP contribution < -0.4 is 9.44 Å². The van der Waals surface area contributed by atoms with E-state index in [0.717, 1.165) is 11.1 Å². The molecule has 0 saturated heterocycles. The summed E-state index contributed by atoms with van der Waals surface area (Å²) in [5.41, 5.74) is 3.54. The zero-order valence-corrected chi connectivity index (χ0v) is 20.2. The van der Waals surface area contributed by atoms with E-state index >= 15 is 0 Å². The van der Waals surface area contributed by atoms with E-state index in [9.17, 15) is 16.8 Å². The lowest BCUT2D eigenvalue weighted by Gasteiger charge is -2.21. The maximum Gasteiger partial charge on any atom is 0.241 e. The summed E-state index contributed by atoms with van der Waals surface area (Å²) >= 11 is 0. The van der Waals surface area contributed by atoms with Gasteiger partial charge in [0.05, 0.1) is 15.8 Å². The third-order valence-electron chi connectivity index (χ3n) is 5.24. The van der Waals surface area contributed by atoms with E-state index in [1.165, 1.54) is 0 Å². The van der Waals surface area contributed by atoms with Crippen molar-refractivity contribution in [2.45, 2.75) is 43.5 Å². The van der Waals surface area contributed by atoms with Crippen molar-refractivity contribution in [1.82, 2.24) is 9.44 Å². The molecule has 0 heterocycles. The lowest BCUT2D eigenvalue weighted by molar-refractivity contribution is 0.539. The highest BCUT2D eigenvalue weighted by molar-refractivity contribution is 7.90. The Morgan fingerprint density at radius 3 is 1.72 bits per heavy atom. The van der Waals surface area contributed by atoms with Crippen molar-refractivity contribution < 1.29 is 16.8 Å². The van der Waals surface area contributed by atoms with Crippen molar-refractivity contribution in [2.24, 2.45) is 0 Å². The first-order valence-corrected chi connectivity index (χ1v) is 13.2. The van der Waals surface area contributed by atoms with Crippen LogP contribution in [0, 0.1) is 27.7 Å². The van der Waals surface area contributed by atoms with Gasteiger partial charge < -0.3 is 0 Å². The highest BCUT2D eigenvalue weighted by atomic mass is 32.2. The van der Waals surface area contributed by atoms with Gasteiger partial charge in [0, 0.05) is 6.54 Å². The Balaban J connectivity index is 1.92. The molecule has 0 radical (unpaired) electrons. The summed E-state index contributed by atoms with van der Waals surface area (Å²) < 4.78 is 57.6. The van der Waals surface area contributed by atoms with Crippen LogP contribution >= 0.6 is 0 Å². The van der Waals surface area contributed by atoms with Crippen molar-refractivity contribution in [1.29, 1.82) is 0 Å². The lowest BCUT2D eigenvalue weighted by Crippen LogP contribution is -2.38. The smallest absolute Gasteiger partial charge is 0.209 e. The van der Waals surface area contributed by atoms with Gasteiger partial charge in [0.25, 0.3) is 0 Å². The van der Waals surface area contributed by atoms with Crippen molar-refractivity contribution in [3.05, 3.63) is 94.5 Å². The van der Waals surface area contributed by atoms with Crippen molar-refractivity contribution in [2.75, 3.05) is 6.54 Å². The van der Waals surface area contributed by atoms with Gasteiger partial charge in [-0.15, -0.1) is 0 Å². The van der Waals surface area contributed by atoms with Crippen LogP contribution in [-0.2, 0) is 20.0 Å². The summed E-state index contributed by atoms with van der Waals surface area (Å²) in [5.74, 6) is 0. The molecule has 0 bridgehead atoms. The van der Waals surface area contributed by atoms with E-state index in [1.807, 2.05) is 32.0 Å². The predicted octanol–water partition coefficient (Wildman–Crippen LogP) is 3.92. The molecular weight excluding hydrogens is 444 g/mol. The fourth-order valence-corrected chi connectivity index (χ4v) is 6.36. The Morgan fingerprint density at radius 1 is 0.688 bits per heavy atom. The molecule has 3 aromatic rings. The minimum Gasteiger partial charge on any atom is -0.209 e. The minimum absolute atomic E-state index is 0.135. The number of aryl methyl sites for hydroxylation is 4. The van der Waals surface area contributed by atoms with E-state index in [1.54, 1.807) is 62.4 Å². The molecule has 8 heteroatoms. The first kappa shape index (κ1) is 24.1. The van der Waals surface area contributed by atoms with E-state index in [0.29, 0.717) is 16.7 Å². The largest absolute Gasteiger partial charge is 0.241 e. The van der Waals surface area contributed by atoms with Crippen LogP contribution in [-0.4, -0.2) is 23.4 Å². The quantitative estimate of drug-likeness (QED) is 0.520. The zero-order valence-electron chi connectivity index (χ0n) is 18.6. The Labute approximate surface area is 190 Å². The number of benzene rings is 3. The zero-order chi connectivity index (χ0) is 23.5. The second kappa shape index (κ2) is 9.54. The van der Waals surface area contributed by atoms with Crippen molar-refractivity contribution in [3.8, 4) is 0 Å². The van der Waals surface area contributed by atoms with Gasteiger partial charge in [-0.1, -0.05) is 54.6 Å². The van der Waals surface area contributed by atoms with E-state index in [-0.39, 0.29) is 16.3 Å². The average Bonchev–Trinajstić information content (AvgIpc) is 2.75. The van der Waals surface area contributed by atoms with Gasteiger partial charge in [-0.25, -0.2) is 26.3 Å². The second-order valence-corrected chi connectivity index (χ2v) is 11.4. The molecule has 0 aliphatic heterocycles. The summed E-state index contributed by atoms with van der Waals surface area (Å²) in [6.07, 6.45) is 0. The van der Waals surface area contributed by atoms with E-state index < -0.39 is 26.1 Å². The number of hydrogen-bond acceptors (Lipinski definition) is 4. The summed E-state index contributed by atoms with van der Waals surface area (Å²) in [6.45, 7) is 6.97. The summed E-state index contributed by atoms with van der Waals surface area (Å²) in [6, 6.07) is 18.6. The third-order valence-corrected chi connectivity index (χ3v) is 8.42. The van der Waals surface area contributed by atoms with Crippen molar-refractivity contribution >= 4 is 20.0 Å².